The number of rotatable bonds is 10. The average Bonchev–Trinajstić information content (AvgIpc) is 2.60. The summed E-state index contributed by atoms with van der Waals surface area (Å²) in [4.78, 5) is 11.5. The maximum absolute atomic E-state index is 4.62. The minimum absolute atomic E-state index is 0.316. The van der Waals surface area contributed by atoms with E-state index in [0.717, 1.165) is 50.1 Å². The Morgan fingerprint density at radius 1 is 1.04 bits per heavy atom. The lowest BCUT2D eigenvalue weighted by Crippen LogP contribution is -2.21. The Kier molecular flexibility index (Phi) is 7.67. The number of nitrogens with one attached hydrogen (secondary N) is 2. The van der Waals surface area contributed by atoms with Crippen LogP contribution in [0, 0.1) is 0 Å². The minimum Gasteiger partial charge on any atom is -0.370 e. The highest BCUT2D eigenvalue weighted by Crippen LogP contribution is 2.17. The van der Waals surface area contributed by atoms with Crippen LogP contribution in [0.1, 0.15) is 44.5 Å². The first-order valence-electron chi connectivity index (χ1n) is 9.17. The van der Waals surface area contributed by atoms with Gasteiger partial charge in [-0.05, 0) is 32.5 Å². The highest BCUT2D eigenvalue weighted by molar-refractivity contribution is 5.47. The fraction of sp³-hybridized carbons (Fsp3) is 0.500. The van der Waals surface area contributed by atoms with Gasteiger partial charge in [-0.1, -0.05) is 44.2 Å². The molecule has 2 N–H and O–H groups in total. The summed E-state index contributed by atoms with van der Waals surface area (Å²) in [6.07, 6.45) is 1.07. The molecule has 0 atom stereocenters. The highest BCUT2D eigenvalue weighted by atomic mass is 15.1. The van der Waals surface area contributed by atoms with Crippen molar-refractivity contribution in [2.45, 2.75) is 39.7 Å². The zero-order chi connectivity index (χ0) is 18.1. The molecule has 1 heterocycles. The van der Waals surface area contributed by atoms with E-state index in [0.29, 0.717) is 5.92 Å². The second-order valence-corrected chi connectivity index (χ2v) is 6.69. The third-order valence-corrected chi connectivity index (χ3v) is 3.94. The molecule has 1 aromatic heterocycles. The molecule has 5 nitrogen and oxygen atoms in total. The van der Waals surface area contributed by atoms with Gasteiger partial charge >= 0.3 is 0 Å². The normalized spacial score (nSPS) is 11.1. The number of hydrogen-bond donors (Lipinski definition) is 2. The first-order valence-corrected chi connectivity index (χ1v) is 9.17. The molecule has 0 fully saturated rings. The summed E-state index contributed by atoms with van der Waals surface area (Å²) in [7, 11) is 2.16. The number of benzene rings is 1. The van der Waals surface area contributed by atoms with Crippen LogP contribution in [0.5, 0.6) is 0 Å². The molecule has 2 aromatic rings. The highest BCUT2D eigenvalue weighted by Gasteiger charge is 2.08. The summed E-state index contributed by atoms with van der Waals surface area (Å²) in [6.45, 7) is 10.1. The minimum atomic E-state index is 0.316. The van der Waals surface area contributed by atoms with Gasteiger partial charge in [0.05, 0.1) is 0 Å². The molecule has 136 valence electrons. The average molecular weight is 342 g/mol. The van der Waals surface area contributed by atoms with E-state index in [-0.39, 0.29) is 0 Å². The van der Waals surface area contributed by atoms with Crippen molar-refractivity contribution < 1.29 is 0 Å². The van der Waals surface area contributed by atoms with E-state index in [4.69, 9.17) is 0 Å². The van der Waals surface area contributed by atoms with Gasteiger partial charge in [-0.25, -0.2) is 9.97 Å². The number of hydrogen-bond acceptors (Lipinski definition) is 5. The van der Waals surface area contributed by atoms with Crippen LogP contribution >= 0.6 is 0 Å². The number of nitrogens with zero attached hydrogens (tertiary/aromatic N) is 3. The van der Waals surface area contributed by atoms with Gasteiger partial charge in [-0.2, -0.15) is 0 Å². The van der Waals surface area contributed by atoms with Crippen molar-refractivity contribution in [1.82, 2.24) is 14.9 Å². The van der Waals surface area contributed by atoms with Crippen LogP contribution in [0.15, 0.2) is 36.4 Å². The lowest BCUT2D eigenvalue weighted by Gasteiger charge is -2.17. The van der Waals surface area contributed by atoms with Crippen LogP contribution in [-0.4, -0.2) is 41.5 Å². The van der Waals surface area contributed by atoms with Crippen LogP contribution in [0.25, 0.3) is 0 Å². The predicted molar refractivity (Wildman–Crippen MR) is 106 cm³/mol. The molecular formula is C20H31N5. The molecule has 0 aliphatic rings. The van der Waals surface area contributed by atoms with Crippen molar-refractivity contribution in [1.29, 1.82) is 0 Å². The molecule has 25 heavy (non-hydrogen) atoms. The van der Waals surface area contributed by atoms with Crippen molar-refractivity contribution in [2.75, 3.05) is 37.3 Å². The van der Waals surface area contributed by atoms with Crippen LogP contribution in [0.4, 0.5) is 11.6 Å². The number of anilines is 2. The smallest absolute Gasteiger partial charge is 0.135 e. The maximum Gasteiger partial charge on any atom is 0.135 e. The van der Waals surface area contributed by atoms with Crippen molar-refractivity contribution >= 4 is 11.6 Å². The monoisotopic (exact) mass is 341 g/mol. The van der Waals surface area contributed by atoms with Crippen LogP contribution in [0.2, 0.25) is 0 Å². The molecule has 0 aliphatic carbocycles. The summed E-state index contributed by atoms with van der Waals surface area (Å²) < 4.78 is 0. The molecule has 0 amide bonds. The Morgan fingerprint density at radius 3 is 2.36 bits per heavy atom. The molecule has 0 spiro atoms. The first-order chi connectivity index (χ1) is 12.1. The molecule has 0 bridgehead atoms. The summed E-state index contributed by atoms with van der Waals surface area (Å²) in [5.41, 5.74) is 1.35. The van der Waals surface area contributed by atoms with E-state index in [2.05, 4.69) is 83.7 Å². The van der Waals surface area contributed by atoms with Crippen LogP contribution in [-0.2, 0) is 6.54 Å². The van der Waals surface area contributed by atoms with Gasteiger partial charge in [0.1, 0.15) is 17.5 Å². The molecule has 0 saturated heterocycles. The van der Waals surface area contributed by atoms with Gasteiger partial charge in [-0.3, -0.25) is 0 Å². The van der Waals surface area contributed by atoms with Crippen molar-refractivity contribution in [3.05, 3.63) is 47.8 Å². The van der Waals surface area contributed by atoms with Crippen molar-refractivity contribution in [2.24, 2.45) is 0 Å². The summed E-state index contributed by atoms with van der Waals surface area (Å²) in [5, 5.41) is 6.72. The van der Waals surface area contributed by atoms with Gasteiger partial charge in [0.25, 0.3) is 0 Å². The third kappa shape index (κ3) is 6.70. The summed E-state index contributed by atoms with van der Waals surface area (Å²) in [5.74, 6) is 2.99. The standard InChI is InChI=1S/C20H31N5/c1-5-21-18-14-19(24-20(23-18)16(2)3)22-12-9-13-25(4)15-17-10-7-6-8-11-17/h6-8,10-11,14,16H,5,9,12-13,15H2,1-4H3,(H2,21,22,23,24). The van der Waals surface area contributed by atoms with Crippen LogP contribution in [0.3, 0.4) is 0 Å². The summed E-state index contributed by atoms with van der Waals surface area (Å²) in [6, 6.07) is 12.6. The lowest BCUT2D eigenvalue weighted by molar-refractivity contribution is 0.325. The molecule has 1 aromatic carbocycles. The topological polar surface area (TPSA) is 53.1 Å². The van der Waals surface area contributed by atoms with E-state index in [9.17, 15) is 0 Å². The third-order valence-electron chi connectivity index (χ3n) is 3.94. The molecule has 0 aliphatic heterocycles. The Bertz CT molecular complexity index is 627. The Balaban J connectivity index is 1.80. The molecule has 0 radical (unpaired) electrons. The molecule has 0 unspecified atom stereocenters. The zero-order valence-corrected chi connectivity index (χ0v) is 15.9. The van der Waals surface area contributed by atoms with Crippen molar-refractivity contribution in [3.63, 3.8) is 0 Å². The van der Waals surface area contributed by atoms with E-state index >= 15 is 0 Å². The largest absolute Gasteiger partial charge is 0.370 e. The van der Waals surface area contributed by atoms with E-state index in [1.165, 1.54) is 5.56 Å². The quantitative estimate of drug-likeness (QED) is 0.641. The summed E-state index contributed by atoms with van der Waals surface area (Å²) >= 11 is 0. The second kappa shape index (κ2) is 9.99. The SMILES string of the molecule is CCNc1cc(NCCCN(C)Cc2ccccc2)nc(C(C)C)n1. The van der Waals surface area contributed by atoms with Gasteiger partial charge < -0.3 is 15.5 Å². The molecule has 0 saturated carbocycles. The maximum atomic E-state index is 4.62. The fourth-order valence-corrected chi connectivity index (χ4v) is 2.63. The zero-order valence-electron chi connectivity index (χ0n) is 15.9. The molecular weight excluding hydrogens is 310 g/mol. The molecule has 2 rings (SSSR count). The van der Waals surface area contributed by atoms with Gasteiger partial charge in [-0.15, -0.1) is 0 Å². The van der Waals surface area contributed by atoms with Gasteiger partial charge in [0.15, 0.2) is 0 Å². The second-order valence-electron chi connectivity index (χ2n) is 6.69. The lowest BCUT2D eigenvalue weighted by atomic mass is 10.2. The fourth-order valence-electron chi connectivity index (χ4n) is 2.63. The first kappa shape index (κ1) is 19.2. The Morgan fingerprint density at radius 2 is 1.72 bits per heavy atom. The van der Waals surface area contributed by atoms with Crippen molar-refractivity contribution in [3.8, 4) is 0 Å². The van der Waals surface area contributed by atoms with E-state index < -0.39 is 0 Å². The molecule has 5 heteroatoms. The Hall–Kier alpha value is -2.14. The van der Waals surface area contributed by atoms with Gasteiger partial charge in [0, 0.05) is 31.6 Å². The number of aromatic nitrogens is 2. The van der Waals surface area contributed by atoms with E-state index in [1.54, 1.807) is 0 Å². The van der Waals surface area contributed by atoms with Crippen LogP contribution < -0.4 is 10.6 Å². The Labute approximate surface area is 151 Å². The predicted octanol–water partition coefficient (Wildman–Crippen LogP) is 3.97. The van der Waals surface area contributed by atoms with Gasteiger partial charge in [0.2, 0.25) is 0 Å². The van der Waals surface area contributed by atoms with E-state index in [1.807, 2.05) is 6.07 Å².